The van der Waals surface area contributed by atoms with Crippen molar-refractivity contribution in [2.45, 2.75) is 13.0 Å². The number of thiazole rings is 1. The van der Waals surface area contributed by atoms with Gasteiger partial charge in [0.1, 0.15) is 22.6 Å². The summed E-state index contributed by atoms with van der Waals surface area (Å²) < 4.78 is 14.0. The molecule has 0 saturated carbocycles. The van der Waals surface area contributed by atoms with Crippen LogP contribution >= 0.6 is 22.9 Å². The van der Waals surface area contributed by atoms with Crippen molar-refractivity contribution < 1.29 is 14.0 Å². The monoisotopic (exact) mass is 418 g/mol. The van der Waals surface area contributed by atoms with Crippen LogP contribution in [0.15, 0.2) is 48.5 Å². The smallest absolute Gasteiger partial charge is 0.240 e. The third kappa shape index (κ3) is 3.83. The first kappa shape index (κ1) is 19.8. The maximum Gasteiger partial charge on any atom is 0.240 e. The van der Waals surface area contributed by atoms with Crippen LogP contribution < -0.4 is 16.4 Å². The summed E-state index contributed by atoms with van der Waals surface area (Å²) in [6.07, 6.45) is 0. The minimum atomic E-state index is -0.870. The molecule has 28 heavy (non-hydrogen) atoms. The summed E-state index contributed by atoms with van der Waals surface area (Å²) in [4.78, 5) is 30.4. The quantitative estimate of drug-likeness (QED) is 0.593. The molecule has 1 heterocycles. The summed E-state index contributed by atoms with van der Waals surface area (Å²) >= 11 is 6.75. The molecule has 3 rings (SSSR count). The molecule has 0 bridgehead atoms. The van der Waals surface area contributed by atoms with Crippen molar-refractivity contribution in [3.63, 3.8) is 0 Å². The number of nitrogen functional groups attached to an aromatic ring is 1. The number of nitrogens with two attached hydrogens (primary N) is 2. The summed E-state index contributed by atoms with van der Waals surface area (Å²) in [5, 5.41) is 0.179. The highest BCUT2D eigenvalue weighted by Gasteiger charge is 2.27. The number of benzene rings is 2. The van der Waals surface area contributed by atoms with Crippen LogP contribution in [0.1, 0.15) is 22.2 Å². The zero-order valence-corrected chi connectivity index (χ0v) is 16.3. The minimum Gasteiger partial charge on any atom is -0.382 e. The van der Waals surface area contributed by atoms with Crippen molar-refractivity contribution in [2.24, 2.45) is 5.73 Å². The first-order valence-corrected chi connectivity index (χ1v) is 9.38. The molecule has 1 atom stereocenters. The number of halogens is 2. The summed E-state index contributed by atoms with van der Waals surface area (Å²) in [6.45, 7) is 1.55. The Morgan fingerprint density at radius 2 is 1.89 bits per heavy atom. The van der Waals surface area contributed by atoms with Crippen LogP contribution in [0.3, 0.4) is 0 Å². The van der Waals surface area contributed by atoms with Gasteiger partial charge in [0, 0.05) is 11.3 Å². The number of anilines is 3. The number of carbonyl (C=O) groups is 2. The van der Waals surface area contributed by atoms with Gasteiger partial charge in [-0.1, -0.05) is 53.3 Å². The highest BCUT2D eigenvalue weighted by Crippen LogP contribution is 2.36. The van der Waals surface area contributed by atoms with Gasteiger partial charge in [-0.2, -0.15) is 0 Å². The summed E-state index contributed by atoms with van der Waals surface area (Å²) in [6, 6.07) is 11.8. The first-order valence-electron chi connectivity index (χ1n) is 8.19. The molecule has 1 aromatic heterocycles. The van der Waals surface area contributed by atoms with Gasteiger partial charge >= 0.3 is 0 Å². The highest BCUT2D eigenvalue weighted by atomic mass is 35.5. The maximum absolute atomic E-state index is 14.0. The number of ketones is 1. The molecule has 0 aliphatic rings. The Balaban J connectivity index is 2.07. The predicted molar refractivity (Wildman–Crippen MR) is 109 cm³/mol. The van der Waals surface area contributed by atoms with Crippen molar-refractivity contribution in [3.8, 4) is 0 Å². The second kappa shape index (κ2) is 7.95. The number of nitrogens with zero attached hydrogens (tertiary/aromatic N) is 2. The van der Waals surface area contributed by atoms with Gasteiger partial charge in [-0.3, -0.25) is 9.59 Å². The van der Waals surface area contributed by atoms with Crippen molar-refractivity contribution in [1.82, 2.24) is 4.98 Å². The topological polar surface area (TPSA) is 102 Å². The first-order chi connectivity index (χ1) is 13.3. The fourth-order valence-corrected chi connectivity index (χ4v) is 3.74. The molecule has 0 aliphatic heterocycles. The van der Waals surface area contributed by atoms with E-state index in [1.54, 1.807) is 37.3 Å². The number of hydrogen-bond donors (Lipinski definition) is 2. The molecule has 1 unspecified atom stereocenters. The second-order valence-corrected chi connectivity index (χ2v) is 7.34. The molecule has 6 nitrogen and oxygen atoms in total. The van der Waals surface area contributed by atoms with Crippen LogP contribution in [0.4, 0.5) is 21.0 Å². The van der Waals surface area contributed by atoms with Gasteiger partial charge in [0.05, 0.1) is 5.02 Å². The number of amides is 1. The number of hydrogen-bond acceptors (Lipinski definition) is 6. The molecule has 3 aromatic rings. The van der Waals surface area contributed by atoms with Gasteiger partial charge in [0.15, 0.2) is 5.13 Å². The Morgan fingerprint density at radius 1 is 1.21 bits per heavy atom. The van der Waals surface area contributed by atoms with Gasteiger partial charge < -0.3 is 16.4 Å². The number of aromatic nitrogens is 1. The Kier molecular flexibility index (Phi) is 5.62. The zero-order chi connectivity index (χ0) is 20.4. The Labute approximate surface area is 169 Å². The van der Waals surface area contributed by atoms with E-state index in [1.165, 1.54) is 17.0 Å². The molecule has 0 spiro atoms. The van der Waals surface area contributed by atoms with E-state index in [9.17, 15) is 14.0 Å². The van der Waals surface area contributed by atoms with Crippen LogP contribution in [-0.2, 0) is 4.79 Å². The van der Waals surface area contributed by atoms with Gasteiger partial charge in [-0.25, -0.2) is 9.37 Å². The van der Waals surface area contributed by atoms with E-state index in [-0.39, 0.29) is 26.6 Å². The molecular weight excluding hydrogens is 403 g/mol. The van der Waals surface area contributed by atoms with E-state index < -0.39 is 17.8 Å². The number of rotatable bonds is 6. The molecule has 4 N–H and O–H groups in total. The van der Waals surface area contributed by atoms with Crippen LogP contribution in [0.2, 0.25) is 5.02 Å². The molecule has 0 saturated heterocycles. The van der Waals surface area contributed by atoms with Crippen LogP contribution in [0.25, 0.3) is 0 Å². The molecule has 0 aliphatic carbocycles. The summed E-state index contributed by atoms with van der Waals surface area (Å²) in [5.74, 6) is -1.59. The van der Waals surface area contributed by atoms with Gasteiger partial charge in [0.25, 0.3) is 0 Å². The standard InChI is InChI=1S/C19H16ClFN4O2S/c1-10(18(23)27)25(12-7-8-13(20)14(21)9-12)19-24-17(22)16(28-19)15(26)11-5-3-2-4-6-11/h2-10H,22H2,1H3,(H2,23,27). The van der Waals surface area contributed by atoms with Crippen molar-refractivity contribution in [3.05, 3.63) is 69.8 Å². The lowest BCUT2D eigenvalue weighted by Gasteiger charge is -2.26. The number of carbonyl (C=O) groups excluding carboxylic acids is 2. The van der Waals surface area contributed by atoms with Crippen molar-refractivity contribution in [2.75, 3.05) is 10.6 Å². The number of primary amides is 1. The van der Waals surface area contributed by atoms with Gasteiger partial charge in [0.2, 0.25) is 11.7 Å². The van der Waals surface area contributed by atoms with E-state index in [2.05, 4.69) is 4.98 Å². The van der Waals surface area contributed by atoms with Crippen molar-refractivity contribution in [1.29, 1.82) is 0 Å². The summed E-state index contributed by atoms with van der Waals surface area (Å²) in [7, 11) is 0. The normalized spacial score (nSPS) is 11.8. The molecule has 1 amide bonds. The average molecular weight is 419 g/mol. The molecule has 0 radical (unpaired) electrons. The van der Waals surface area contributed by atoms with E-state index in [1.807, 2.05) is 0 Å². The van der Waals surface area contributed by atoms with Crippen LogP contribution in [0, 0.1) is 5.82 Å². The second-order valence-electron chi connectivity index (χ2n) is 5.95. The molecular formula is C19H16ClFN4O2S. The maximum atomic E-state index is 14.0. The predicted octanol–water partition coefficient (Wildman–Crippen LogP) is 3.76. The molecule has 0 fully saturated rings. The van der Waals surface area contributed by atoms with Crippen molar-refractivity contribution >= 4 is 51.3 Å². The Bertz CT molecular complexity index is 1040. The third-order valence-corrected chi connectivity index (χ3v) is 5.45. The Hall–Kier alpha value is -2.97. The molecule has 2 aromatic carbocycles. The summed E-state index contributed by atoms with van der Waals surface area (Å²) in [5.41, 5.74) is 12.2. The lowest BCUT2D eigenvalue weighted by Crippen LogP contribution is -2.40. The fourth-order valence-electron chi connectivity index (χ4n) is 2.57. The van der Waals surface area contributed by atoms with E-state index in [0.29, 0.717) is 11.3 Å². The van der Waals surface area contributed by atoms with E-state index >= 15 is 0 Å². The van der Waals surface area contributed by atoms with Gasteiger partial charge in [-0.05, 0) is 25.1 Å². The van der Waals surface area contributed by atoms with E-state index in [4.69, 9.17) is 23.1 Å². The minimum absolute atomic E-state index is 0.0185. The molecule has 144 valence electrons. The third-order valence-electron chi connectivity index (χ3n) is 4.07. The highest BCUT2D eigenvalue weighted by molar-refractivity contribution is 7.18. The fraction of sp³-hybridized carbons (Fsp3) is 0.105. The lowest BCUT2D eigenvalue weighted by atomic mass is 10.1. The SMILES string of the molecule is CC(C(N)=O)N(c1ccc(Cl)c(F)c1)c1nc(N)c(C(=O)c2ccccc2)s1. The van der Waals surface area contributed by atoms with Crippen LogP contribution in [-0.4, -0.2) is 22.7 Å². The average Bonchev–Trinajstić information content (AvgIpc) is 3.05. The van der Waals surface area contributed by atoms with Crippen LogP contribution in [0.5, 0.6) is 0 Å². The van der Waals surface area contributed by atoms with E-state index in [0.717, 1.165) is 17.4 Å². The van der Waals surface area contributed by atoms with Gasteiger partial charge in [-0.15, -0.1) is 0 Å². The zero-order valence-electron chi connectivity index (χ0n) is 14.7. The Morgan fingerprint density at radius 3 is 2.50 bits per heavy atom. The largest absolute Gasteiger partial charge is 0.382 e. The lowest BCUT2D eigenvalue weighted by molar-refractivity contribution is -0.118. The molecule has 9 heteroatoms.